The molecule has 134 valence electrons. The van der Waals surface area contributed by atoms with Crippen LogP contribution in [-0.4, -0.2) is 54.7 Å². The van der Waals surface area contributed by atoms with Crippen molar-refractivity contribution < 1.29 is 27.8 Å². The van der Waals surface area contributed by atoms with Crippen LogP contribution in [0.3, 0.4) is 0 Å². The van der Waals surface area contributed by atoms with Gasteiger partial charge in [0.1, 0.15) is 0 Å². The normalized spacial score (nSPS) is 22.8. The second kappa shape index (κ2) is 7.00. The lowest BCUT2D eigenvalue weighted by Crippen LogP contribution is -2.51. The third kappa shape index (κ3) is 4.27. The van der Waals surface area contributed by atoms with Crippen molar-refractivity contribution in [3.05, 3.63) is 35.4 Å². The first-order valence-electron chi connectivity index (χ1n) is 8.21. The second-order valence-electron chi connectivity index (χ2n) is 6.50. The van der Waals surface area contributed by atoms with E-state index in [1.54, 1.807) is 0 Å². The number of hydrogen-bond donors (Lipinski definition) is 1. The minimum atomic E-state index is -4.33. The van der Waals surface area contributed by atoms with Gasteiger partial charge in [-0.2, -0.15) is 13.2 Å². The van der Waals surface area contributed by atoms with E-state index in [-0.39, 0.29) is 0 Å². The lowest BCUT2D eigenvalue weighted by Gasteiger charge is -2.39. The van der Waals surface area contributed by atoms with Crippen molar-refractivity contribution in [3.63, 3.8) is 0 Å². The van der Waals surface area contributed by atoms with Gasteiger partial charge >= 0.3 is 6.18 Å². The minimum absolute atomic E-state index is 0.323. The number of β-amino-alcohol motifs (C(OH)–C–C–N with tert-alkyl or cyclic N) is 1. The zero-order valence-electron chi connectivity index (χ0n) is 13.4. The Kier molecular flexibility index (Phi) is 5.15. The van der Waals surface area contributed by atoms with Crippen LogP contribution in [0.2, 0.25) is 0 Å². The van der Waals surface area contributed by atoms with Gasteiger partial charge in [-0.05, 0) is 37.1 Å². The van der Waals surface area contributed by atoms with Crippen molar-refractivity contribution in [3.8, 4) is 0 Å². The monoisotopic (exact) mass is 345 g/mol. The molecule has 7 heteroatoms. The Hall–Kier alpha value is -1.15. The van der Waals surface area contributed by atoms with E-state index in [4.69, 9.17) is 9.47 Å². The number of hydrogen-bond acceptors (Lipinski definition) is 4. The first-order chi connectivity index (χ1) is 11.4. The topological polar surface area (TPSA) is 41.9 Å². The smallest absolute Gasteiger partial charge is 0.391 e. The SMILES string of the molecule is OC(Cc1ccc(C(F)(F)F)cc1)CN1CCCC2(C1)OCCO2. The number of aliphatic hydroxyl groups is 1. The predicted molar refractivity (Wildman–Crippen MR) is 81.5 cm³/mol. The van der Waals surface area contributed by atoms with Crippen LogP contribution in [0.25, 0.3) is 0 Å². The van der Waals surface area contributed by atoms with E-state index in [0.29, 0.717) is 38.3 Å². The molecule has 2 aliphatic heterocycles. The van der Waals surface area contributed by atoms with Crippen molar-refractivity contribution in [2.45, 2.75) is 37.3 Å². The molecule has 1 aromatic carbocycles. The van der Waals surface area contributed by atoms with Crippen LogP contribution in [-0.2, 0) is 22.1 Å². The molecule has 0 saturated carbocycles. The van der Waals surface area contributed by atoms with E-state index in [9.17, 15) is 18.3 Å². The Morgan fingerprint density at radius 1 is 1.17 bits per heavy atom. The van der Waals surface area contributed by atoms with Crippen LogP contribution in [0.1, 0.15) is 24.0 Å². The predicted octanol–water partition coefficient (Wildman–Crippen LogP) is 2.45. The molecule has 4 nitrogen and oxygen atoms in total. The Morgan fingerprint density at radius 2 is 1.83 bits per heavy atom. The molecule has 3 rings (SSSR count). The number of benzene rings is 1. The third-order valence-corrected chi connectivity index (χ3v) is 4.53. The molecule has 1 atom stereocenters. The van der Waals surface area contributed by atoms with Crippen LogP contribution in [0.15, 0.2) is 24.3 Å². The van der Waals surface area contributed by atoms with Crippen LogP contribution >= 0.6 is 0 Å². The first-order valence-corrected chi connectivity index (χ1v) is 8.21. The molecule has 1 unspecified atom stereocenters. The Labute approximate surface area is 139 Å². The summed E-state index contributed by atoms with van der Waals surface area (Å²) in [7, 11) is 0. The quantitative estimate of drug-likeness (QED) is 0.910. The van der Waals surface area contributed by atoms with Gasteiger partial charge in [-0.1, -0.05) is 12.1 Å². The van der Waals surface area contributed by atoms with E-state index in [0.717, 1.165) is 31.5 Å². The molecule has 1 N–H and O–H groups in total. The summed E-state index contributed by atoms with van der Waals surface area (Å²) in [5.74, 6) is -0.535. The molecule has 0 radical (unpaired) electrons. The van der Waals surface area contributed by atoms with Crippen molar-refractivity contribution >= 4 is 0 Å². The van der Waals surface area contributed by atoms with E-state index in [2.05, 4.69) is 4.90 Å². The summed E-state index contributed by atoms with van der Waals surface area (Å²) >= 11 is 0. The number of rotatable bonds is 4. The molecule has 2 heterocycles. The molecule has 0 amide bonds. The van der Waals surface area contributed by atoms with Crippen LogP contribution in [0, 0.1) is 0 Å². The van der Waals surface area contributed by atoms with E-state index >= 15 is 0 Å². The van der Waals surface area contributed by atoms with Crippen LogP contribution < -0.4 is 0 Å². The molecule has 2 fully saturated rings. The number of nitrogens with zero attached hydrogens (tertiary/aromatic N) is 1. The summed E-state index contributed by atoms with van der Waals surface area (Å²) in [6.07, 6.45) is -2.85. The van der Waals surface area contributed by atoms with Crippen LogP contribution in [0.5, 0.6) is 0 Å². The first kappa shape index (κ1) is 17.7. The van der Waals surface area contributed by atoms with E-state index in [1.807, 2.05) is 0 Å². The molecule has 0 aliphatic carbocycles. The summed E-state index contributed by atoms with van der Waals surface area (Å²) in [5, 5.41) is 10.3. The summed E-state index contributed by atoms with van der Waals surface area (Å²) < 4.78 is 49.1. The number of aliphatic hydroxyl groups excluding tert-OH is 1. The van der Waals surface area contributed by atoms with Crippen molar-refractivity contribution in [1.82, 2.24) is 4.90 Å². The van der Waals surface area contributed by atoms with Gasteiger partial charge in [0, 0.05) is 13.0 Å². The van der Waals surface area contributed by atoms with Gasteiger partial charge in [-0.3, -0.25) is 4.90 Å². The van der Waals surface area contributed by atoms with Gasteiger partial charge in [0.05, 0.1) is 31.4 Å². The number of piperidine rings is 1. The maximum absolute atomic E-state index is 12.6. The highest BCUT2D eigenvalue weighted by atomic mass is 19.4. The van der Waals surface area contributed by atoms with Gasteiger partial charge < -0.3 is 14.6 Å². The molecular formula is C17H22F3NO3. The van der Waals surface area contributed by atoms with E-state index in [1.165, 1.54) is 12.1 Å². The molecule has 2 aliphatic rings. The summed E-state index contributed by atoms with van der Waals surface area (Å²) in [6.45, 7) is 3.13. The largest absolute Gasteiger partial charge is 0.416 e. The lowest BCUT2D eigenvalue weighted by atomic mass is 10.0. The maximum Gasteiger partial charge on any atom is 0.416 e. The zero-order chi connectivity index (χ0) is 17.2. The minimum Gasteiger partial charge on any atom is -0.391 e. The zero-order valence-corrected chi connectivity index (χ0v) is 13.4. The fourth-order valence-corrected chi connectivity index (χ4v) is 3.42. The Morgan fingerprint density at radius 3 is 2.46 bits per heavy atom. The van der Waals surface area contributed by atoms with Crippen molar-refractivity contribution in [2.24, 2.45) is 0 Å². The highest BCUT2D eigenvalue weighted by Gasteiger charge is 2.40. The highest BCUT2D eigenvalue weighted by Crippen LogP contribution is 2.31. The number of likely N-dealkylation sites (tertiary alicyclic amines) is 1. The molecule has 0 bridgehead atoms. The Balaban J connectivity index is 1.52. The second-order valence-corrected chi connectivity index (χ2v) is 6.50. The fraction of sp³-hybridized carbons (Fsp3) is 0.647. The lowest BCUT2D eigenvalue weighted by molar-refractivity contribution is -0.191. The third-order valence-electron chi connectivity index (χ3n) is 4.53. The molecule has 1 spiro atoms. The van der Waals surface area contributed by atoms with Gasteiger partial charge in [0.2, 0.25) is 0 Å². The van der Waals surface area contributed by atoms with Gasteiger partial charge in [-0.25, -0.2) is 0 Å². The Bertz CT molecular complexity index is 541. The molecule has 24 heavy (non-hydrogen) atoms. The average Bonchev–Trinajstić information content (AvgIpc) is 2.94. The standard InChI is InChI=1S/C17H22F3NO3/c18-17(19,20)14-4-2-13(3-5-14)10-15(22)11-21-7-1-6-16(12-21)23-8-9-24-16/h2-5,15,22H,1,6-12H2. The molecular weight excluding hydrogens is 323 g/mol. The van der Waals surface area contributed by atoms with Gasteiger partial charge in [-0.15, -0.1) is 0 Å². The van der Waals surface area contributed by atoms with Gasteiger partial charge in [0.15, 0.2) is 5.79 Å². The molecule has 0 aromatic heterocycles. The number of halogens is 3. The molecule has 2 saturated heterocycles. The number of alkyl halides is 3. The summed E-state index contributed by atoms with van der Waals surface area (Å²) in [5.41, 5.74) is 0.0184. The van der Waals surface area contributed by atoms with E-state index < -0.39 is 23.6 Å². The maximum atomic E-state index is 12.6. The van der Waals surface area contributed by atoms with Crippen LogP contribution in [0.4, 0.5) is 13.2 Å². The fourth-order valence-electron chi connectivity index (χ4n) is 3.42. The summed E-state index contributed by atoms with van der Waals surface area (Å²) in [4.78, 5) is 2.10. The number of ether oxygens (including phenoxy) is 2. The van der Waals surface area contributed by atoms with Crippen molar-refractivity contribution in [2.75, 3.05) is 32.8 Å². The molecule has 1 aromatic rings. The average molecular weight is 345 g/mol. The van der Waals surface area contributed by atoms with Gasteiger partial charge in [0.25, 0.3) is 0 Å². The van der Waals surface area contributed by atoms with Crippen molar-refractivity contribution in [1.29, 1.82) is 0 Å². The highest BCUT2D eigenvalue weighted by molar-refractivity contribution is 5.25. The summed E-state index contributed by atoms with van der Waals surface area (Å²) in [6, 6.07) is 4.95.